The minimum Gasteiger partial charge on any atom is -0.462 e. The number of carbonyl (C=O) groups is 2. The van der Waals surface area contributed by atoms with E-state index in [0.717, 1.165) is 70.6 Å². The number of rotatable bonds is 68. The minimum atomic E-state index is -4.39. The lowest BCUT2D eigenvalue weighted by molar-refractivity contribution is -0.161. The van der Waals surface area contributed by atoms with Crippen LogP contribution in [0, 0.1) is 0 Å². The van der Waals surface area contributed by atoms with Crippen LogP contribution < -0.4 is 5.73 Å². The van der Waals surface area contributed by atoms with Crippen molar-refractivity contribution in [3.05, 3.63) is 60.8 Å². The molecular weight excluding hydrogens is 1050 g/mol. The Hall–Kier alpha value is -2.29. The maximum Gasteiger partial charge on any atom is 0.472 e. The van der Waals surface area contributed by atoms with E-state index in [1.165, 1.54) is 257 Å². The molecule has 0 fully saturated rings. The van der Waals surface area contributed by atoms with E-state index >= 15 is 0 Å². The fourth-order valence-electron chi connectivity index (χ4n) is 10.6. The molecule has 0 amide bonds. The molecular formula is C73H136NO8P. The van der Waals surface area contributed by atoms with E-state index in [1.807, 2.05) is 0 Å². The lowest BCUT2D eigenvalue weighted by Gasteiger charge is -2.19. The molecule has 0 heterocycles. The van der Waals surface area contributed by atoms with Gasteiger partial charge in [-0.2, -0.15) is 0 Å². The predicted octanol–water partition coefficient (Wildman–Crippen LogP) is 23.4. The zero-order valence-electron chi connectivity index (χ0n) is 54.7. The van der Waals surface area contributed by atoms with Crippen molar-refractivity contribution < 1.29 is 37.6 Å². The number of carbonyl (C=O) groups excluding carboxylic acids is 2. The number of nitrogens with two attached hydrogens (primary N) is 1. The molecule has 83 heavy (non-hydrogen) atoms. The van der Waals surface area contributed by atoms with Crippen LogP contribution in [0.5, 0.6) is 0 Å². The molecule has 10 heteroatoms. The average Bonchev–Trinajstić information content (AvgIpc) is 3.48. The molecule has 0 saturated heterocycles. The number of ether oxygens (including phenoxy) is 2. The molecule has 9 nitrogen and oxygen atoms in total. The first kappa shape index (κ1) is 80.7. The van der Waals surface area contributed by atoms with Crippen LogP contribution in [0.25, 0.3) is 0 Å². The van der Waals surface area contributed by atoms with E-state index in [0.29, 0.717) is 6.42 Å². The van der Waals surface area contributed by atoms with Gasteiger partial charge in [-0.25, -0.2) is 4.57 Å². The quantitative estimate of drug-likeness (QED) is 0.0264. The Balaban J connectivity index is 3.77. The van der Waals surface area contributed by atoms with E-state index < -0.39 is 26.5 Å². The Labute approximate surface area is 514 Å². The van der Waals surface area contributed by atoms with Crippen molar-refractivity contribution in [3.8, 4) is 0 Å². The number of allylic oxidation sites excluding steroid dienone is 10. The van der Waals surface area contributed by atoms with E-state index in [-0.39, 0.29) is 38.6 Å². The largest absolute Gasteiger partial charge is 0.472 e. The summed E-state index contributed by atoms with van der Waals surface area (Å²) in [5, 5.41) is 0. The topological polar surface area (TPSA) is 134 Å². The van der Waals surface area contributed by atoms with Gasteiger partial charge in [-0.15, -0.1) is 0 Å². The van der Waals surface area contributed by atoms with E-state index in [1.54, 1.807) is 0 Å². The van der Waals surface area contributed by atoms with Crippen LogP contribution in [-0.2, 0) is 32.7 Å². The molecule has 0 aromatic rings. The molecule has 0 aliphatic rings. The molecule has 0 aliphatic heterocycles. The smallest absolute Gasteiger partial charge is 0.462 e. The number of esters is 2. The third kappa shape index (κ3) is 68.7. The molecule has 0 aromatic heterocycles. The third-order valence-electron chi connectivity index (χ3n) is 15.9. The number of phosphoric acid groups is 1. The lowest BCUT2D eigenvalue weighted by Crippen LogP contribution is -2.29. The van der Waals surface area contributed by atoms with Gasteiger partial charge in [-0.3, -0.25) is 18.6 Å². The van der Waals surface area contributed by atoms with E-state index in [4.69, 9.17) is 24.3 Å². The summed E-state index contributed by atoms with van der Waals surface area (Å²) in [5.74, 6) is -0.818. The fraction of sp³-hybridized carbons (Fsp3) is 0.836. The molecule has 0 radical (unpaired) electrons. The van der Waals surface area contributed by atoms with Crippen LogP contribution in [-0.4, -0.2) is 49.3 Å². The number of hydrogen-bond acceptors (Lipinski definition) is 8. The number of phosphoric ester groups is 1. The monoisotopic (exact) mass is 1190 g/mol. The molecule has 0 spiro atoms. The SMILES string of the molecule is CC/C=C\C/C=C\C/C=C\C/C=C\CCCCCCCCCCCCC(=O)OC(COC(=O)CCCCCCCCCCCCCCCCCCCCCCCCCCCCC/C=C\CCCCCCCCCC)COP(=O)(O)OCCN. The summed E-state index contributed by atoms with van der Waals surface area (Å²) in [4.78, 5) is 35.3. The Morgan fingerprint density at radius 3 is 1.00 bits per heavy atom. The van der Waals surface area contributed by atoms with Crippen LogP contribution in [0.4, 0.5) is 0 Å². The summed E-state index contributed by atoms with van der Waals surface area (Å²) in [6.07, 6.45) is 89.1. The zero-order valence-corrected chi connectivity index (χ0v) is 55.6. The molecule has 0 bridgehead atoms. The lowest BCUT2D eigenvalue weighted by atomic mass is 10.0. The second-order valence-corrected chi connectivity index (χ2v) is 25.5. The third-order valence-corrected chi connectivity index (χ3v) is 16.9. The van der Waals surface area contributed by atoms with Gasteiger partial charge in [0.05, 0.1) is 13.2 Å². The van der Waals surface area contributed by atoms with Crippen molar-refractivity contribution in [1.29, 1.82) is 0 Å². The normalized spacial score (nSPS) is 13.3. The highest BCUT2D eigenvalue weighted by atomic mass is 31.2. The van der Waals surface area contributed by atoms with Gasteiger partial charge >= 0.3 is 19.8 Å². The van der Waals surface area contributed by atoms with Crippen molar-refractivity contribution >= 4 is 19.8 Å². The summed E-state index contributed by atoms with van der Waals surface area (Å²) in [7, 11) is -4.39. The second-order valence-electron chi connectivity index (χ2n) is 24.1. The first-order valence-electron chi connectivity index (χ1n) is 35.8. The first-order chi connectivity index (χ1) is 40.8. The van der Waals surface area contributed by atoms with Gasteiger partial charge in [-0.1, -0.05) is 331 Å². The van der Waals surface area contributed by atoms with Gasteiger partial charge in [0.2, 0.25) is 0 Å². The highest BCUT2D eigenvalue weighted by molar-refractivity contribution is 7.47. The maximum atomic E-state index is 12.7. The van der Waals surface area contributed by atoms with Gasteiger partial charge < -0.3 is 20.1 Å². The first-order valence-corrected chi connectivity index (χ1v) is 37.3. The Kier molecular flexibility index (Phi) is 66.9. The van der Waals surface area contributed by atoms with Crippen LogP contribution in [0.2, 0.25) is 0 Å². The molecule has 0 saturated carbocycles. The Bertz CT molecular complexity index is 1540. The molecule has 0 aliphatic carbocycles. The second kappa shape index (κ2) is 68.8. The summed E-state index contributed by atoms with van der Waals surface area (Å²) < 4.78 is 33.2. The van der Waals surface area contributed by atoms with Crippen molar-refractivity contribution in [2.75, 3.05) is 26.4 Å². The van der Waals surface area contributed by atoms with Crippen LogP contribution in [0.3, 0.4) is 0 Å². The van der Waals surface area contributed by atoms with Gasteiger partial charge in [0.15, 0.2) is 6.10 Å². The molecule has 2 atom stereocenters. The van der Waals surface area contributed by atoms with Gasteiger partial charge in [-0.05, 0) is 77.0 Å². The van der Waals surface area contributed by atoms with E-state index in [2.05, 4.69) is 74.6 Å². The fourth-order valence-corrected chi connectivity index (χ4v) is 11.4. The van der Waals surface area contributed by atoms with Crippen LogP contribution in [0.1, 0.15) is 361 Å². The highest BCUT2D eigenvalue weighted by Gasteiger charge is 2.26. The van der Waals surface area contributed by atoms with Crippen molar-refractivity contribution in [2.24, 2.45) is 5.73 Å². The number of hydrogen-bond donors (Lipinski definition) is 2. The maximum absolute atomic E-state index is 12.7. The molecule has 486 valence electrons. The Morgan fingerprint density at radius 2 is 0.663 bits per heavy atom. The molecule has 0 aromatic carbocycles. The minimum absolute atomic E-state index is 0.0525. The summed E-state index contributed by atoms with van der Waals surface area (Å²) in [5.41, 5.74) is 5.40. The highest BCUT2D eigenvalue weighted by Crippen LogP contribution is 2.43. The molecule has 2 unspecified atom stereocenters. The van der Waals surface area contributed by atoms with Gasteiger partial charge in [0.1, 0.15) is 6.61 Å². The van der Waals surface area contributed by atoms with Crippen molar-refractivity contribution in [3.63, 3.8) is 0 Å². The summed E-state index contributed by atoms with van der Waals surface area (Å²) in [6.45, 7) is 3.68. The van der Waals surface area contributed by atoms with Gasteiger partial charge in [0, 0.05) is 19.4 Å². The van der Waals surface area contributed by atoms with Gasteiger partial charge in [0.25, 0.3) is 0 Å². The Morgan fingerprint density at radius 1 is 0.373 bits per heavy atom. The molecule has 3 N–H and O–H groups in total. The van der Waals surface area contributed by atoms with Crippen molar-refractivity contribution in [1.82, 2.24) is 0 Å². The van der Waals surface area contributed by atoms with Crippen LogP contribution >= 0.6 is 7.82 Å². The van der Waals surface area contributed by atoms with Crippen LogP contribution in [0.15, 0.2) is 60.8 Å². The average molecular weight is 1190 g/mol. The zero-order chi connectivity index (χ0) is 60.1. The van der Waals surface area contributed by atoms with Crippen molar-refractivity contribution in [2.45, 2.75) is 367 Å². The standard InChI is InChI=1S/C73H136NO8P/c1-3-5-7-9-11-13-15-17-19-21-23-25-27-28-29-30-31-32-33-34-35-36-37-38-39-40-41-42-44-45-47-49-51-53-55-57-59-61-63-65-72(75)79-69-71(70-81-83(77,78)80-68-67-74)82-73(76)66-64-62-60-58-56-54-52-50-48-46-43-26-24-22-20-18-16-14-12-10-8-6-4-2/h6,8,12,14,18,20-21,23-24,26,71H,3-5,7,9-11,13,15-17,19,22,25,27-70,74H2,1-2H3,(H,77,78)/b8-6-,14-12-,20-18-,23-21-,26-24-. The summed E-state index contributed by atoms with van der Waals surface area (Å²) in [6, 6.07) is 0. The van der Waals surface area contributed by atoms with E-state index in [9.17, 15) is 19.0 Å². The summed E-state index contributed by atoms with van der Waals surface area (Å²) >= 11 is 0. The molecule has 0 rings (SSSR count). The predicted molar refractivity (Wildman–Crippen MR) is 358 cm³/mol. The number of unbranched alkanes of at least 4 members (excludes halogenated alkanes) is 45.